The first-order valence-corrected chi connectivity index (χ1v) is 7.87. The Balaban J connectivity index is 1.92. The molecule has 1 saturated heterocycles. The number of rotatable bonds is 4. The number of carboxylic acid groups (broad SMARTS) is 1. The molecule has 1 heterocycles. The molecule has 5 nitrogen and oxygen atoms in total. The summed E-state index contributed by atoms with van der Waals surface area (Å²) < 4.78 is 0. The minimum atomic E-state index is -0.757. The number of nitrogens with one attached hydrogen (secondary N) is 1. The van der Waals surface area contributed by atoms with Crippen LogP contribution in [0.4, 0.5) is 5.69 Å². The molecule has 1 aromatic rings. The van der Waals surface area contributed by atoms with Crippen LogP contribution in [0.5, 0.6) is 0 Å². The van der Waals surface area contributed by atoms with E-state index < -0.39 is 5.97 Å². The molecule has 0 saturated carbocycles. The van der Waals surface area contributed by atoms with Crippen molar-refractivity contribution in [3.63, 3.8) is 0 Å². The summed E-state index contributed by atoms with van der Waals surface area (Å²) in [6, 6.07) is 4.59. The second-order valence-electron chi connectivity index (χ2n) is 5.44. The Labute approximate surface area is 139 Å². The van der Waals surface area contributed by atoms with Crippen molar-refractivity contribution in [3.8, 4) is 0 Å². The lowest BCUT2D eigenvalue weighted by Gasteiger charge is -2.33. The second kappa shape index (κ2) is 7.31. The number of amides is 1. The lowest BCUT2D eigenvalue weighted by atomic mass is 9.96. The van der Waals surface area contributed by atoms with Gasteiger partial charge in [0.25, 0.3) is 0 Å². The highest BCUT2D eigenvalue weighted by Gasteiger charge is 2.29. The molecule has 2 rings (SSSR count). The second-order valence-corrected chi connectivity index (χ2v) is 6.26. The fourth-order valence-electron chi connectivity index (χ4n) is 2.52. The number of likely N-dealkylation sites (tertiary alicyclic amines) is 1. The summed E-state index contributed by atoms with van der Waals surface area (Å²) in [5.74, 6) is -1.21. The third kappa shape index (κ3) is 4.12. The topological polar surface area (TPSA) is 69.6 Å². The quantitative estimate of drug-likeness (QED) is 0.880. The molecular weight excluding hydrogens is 327 g/mol. The highest BCUT2D eigenvalue weighted by molar-refractivity contribution is 6.42. The van der Waals surface area contributed by atoms with Crippen LogP contribution in [0.2, 0.25) is 10.0 Å². The summed E-state index contributed by atoms with van der Waals surface area (Å²) >= 11 is 11.8. The first-order chi connectivity index (χ1) is 10.4. The van der Waals surface area contributed by atoms with E-state index in [9.17, 15) is 9.59 Å². The van der Waals surface area contributed by atoms with Gasteiger partial charge >= 0.3 is 5.97 Å². The third-order valence-corrected chi connectivity index (χ3v) is 4.73. The molecule has 22 heavy (non-hydrogen) atoms. The average molecular weight is 345 g/mol. The lowest BCUT2D eigenvalue weighted by Crippen LogP contribution is -2.46. The van der Waals surface area contributed by atoms with Crippen LogP contribution in [-0.2, 0) is 9.59 Å². The van der Waals surface area contributed by atoms with Gasteiger partial charge in [0.15, 0.2) is 0 Å². The predicted octanol–water partition coefficient (Wildman–Crippen LogP) is 3.12. The molecule has 1 aliphatic heterocycles. The van der Waals surface area contributed by atoms with Gasteiger partial charge in [0.2, 0.25) is 5.91 Å². The van der Waals surface area contributed by atoms with E-state index in [0.29, 0.717) is 41.7 Å². The van der Waals surface area contributed by atoms with Crippen molar-refractivity contribution < 1.29 is 14.7 Å². The summed E-state index contributed by atoms with van der Waals surface area (Å²) in [7, 11) is 0. The number of benzene rings is 1. The van der Waals surface area contributed by atoms with Gasteiger partial charge in [-0.25, -0.2) is 0 Å². The normalized spacial score (nSPS) is 18.0. The number of carbonyl (C=O) groups excluding carboxylic acids is 1. The van der Waals surface area contributed by atoms with Crippen molar-refractivity contribution in [2.24, 2.45) is 5.92 Å². The molecule has 1 aliphatic rings. The summed E-state index contributed by atoms with van der Waals surface area (Å²) in [5.41, 5.74) is 0.590. The van der Waals surface area contributed by atoms with Crippen LogP contribution in [-0.4, -0.2) is 41.0 Å². The average Bonchev–Trinajstić information content (AvgIpc) is 2.50. The predicted molar refractivity (Wildman–Crippen MR) is 86.5 cm³/mol. The lowest BCUT2D eigenvalue weighted by molar-refractivity contribution is -0.143. The van der Waals surface area contributed by atoms with E-state index >= 15 is 0 Å². The van der Waals surface area contributed by atoms with Crippen LogP contribution in [0.3, 0.4) is 0 Å². The number of aliphatic carboxylic acids is 1. The van der Waals surface area contributed by atoms with Gasteiger partial charge in [-0.1, -0.05) is 23.2 Å². The van der Waals surface area contributed by atoms with Gasteiger partial charge in [-0.05, 0) is 51.1 Å². The Hall–Kier alpha value is -1.30. The Kier molecular flexibility index (Phi) is 5.67. The summed E-state index contributed by atoms with van der Waals surface area (Å²) in [6.45, 7) is 3.02. The Morgan fingerprint density at radius 3 is 2.45 bits per heavy atom. The van der Waals surface area contributed by atoms with E-state index in [4.69, 9.17) is 28.3 Å². The van der Waals surface area contributed by atoms with Crippen LogP contribution in [0.15, 0.2) is 18.2 Å². The number of piperidine rings is 1. The molecule has 1 unspecified atom stereocenters. The molecule has 7 heteroatoms. The first-order valence-electron chi connectivity index (χ1n) is 7.11. The number of hydrogen-bond donors (Lipinski definition) is 2. The molecule has 1 atom stereocenters. The third-order valence-electron chi connectivity index (χ3n) is 3.99. The largest absolute Gasteiger partial charge is 0.481 e. The number of hydrogen-bond acceptors (Lipinski definition) is 3. The zero-order valence-electron chi connectivity index (χ0n) is 12.2. The maximum Gasteiger partial charge on any atom is 0.306 e. The maximum absolute atomic E-state index is 12.3. The Morgan fingerprint density at radius 2 is 1.91 bits per heavy atom. The van der Waals surface area contributed by atoms with Crippen LogP contribution < -0.4 is 5.32 Å². The zero-order chi connectivity index (χ0) is 16.3. The van der Waals surface area contributed by atoms with E-state index in [0.717, 1.165) is 0 Å². The molecule has 0 spiro atoms. The molecule has 0 radical (unpaired) electrons. The van der Waals surface area contributed by atoms with Gasteiger partial charge in [-0.15, -0.1) is 0 Å². The highest BCUT2D eigenvalue weighted by atomic mass is 35.5. The molecule has 1 aromatic carbocycles. The molecular formula is C15H18Cl2N2O3. The van der Waals surface area contributed by atoms with Crippen molar-refractivity contribution in [1.29, 1.82) is 0 Å². The van der Waals surface area contributed by atoms with E-state index in [1.165, 1.54) is 0 Å². The molecule has 120 valence electrons. The van der Waals surface area contributed by atoms with Gasteiger partial charge < -0.3 is 10.4 Å². The monoisotopic (exact) mass is 344 g/mol. The number of carboxylic acids is 1. The number of nitrogens with zero attached hydrogens (tertiary/aromatic N) is 1. The van der Waals surface area contributed by atoms with E-state index in [1.54, 1.807) is 18.2 Å². The fraction of sp³-hybridized carbons (Fsp3) is 0.467. The first kappa shape index (κ1) is 17.1. The SMILES string of the molecule is CC(C(=O)Nc1ccc(Cl)c(Cl)c1)N1CCC(C(=O)O)CC1. The summed E-state index contributed by atoms with van der Waals surface area (Å²) in [6.07, 6.45) is 1.14. The maximum atomic E-state index is 12.3. The number of halogens is 2. The van der Waals surface area contributed by atoms with Crippen molar-refractivity contribution >= 4 is 40.8 Å². The smallest absolute Gasteiger partial charge is 0.306 e. The molecule has 0 aromatic heterocycles. The van der Waals surface area contributed by atoms with Crippen molar-refractivity contribution in [2.75, 3.05) is 18.4 Å². The van der Waals surface area contributed by atoms with Gasteiger partial charge in [0, 0.05) is 5.69 Å². The molecule has 1 fully saturated rings. The summed E-state index contributed by atoms with van der Waals surface area (Å²) in [4.78, 5) is 25.2. The van der Waals surface area contributed by atoms with E-state index in [2.05, 4.69) is 5.32 Å². The Morgan fingerprint density at radius 1 is 1.27 bits per heavy atom. The highest BCUT2D eigenvalue weighted by Crippen LogP contribution is 2.25. The van der Waals surface area contributed by atoms with Crippen LogP contribution in [0.1, 0.15) is 19.8 Å². The van der Waals surface area contributed by atoms with Crippen LogP contribution in [0.25, 0.3) is 0 Å². The van der Waals surface area contributed by atoms with E-state index in [-0.39, 0.29) is 17.9 Å². The molecule has 0 aliphatic carbocycles. The standard InChI is InChI=1S/C15H18Cl2N2O3/c1-9(19-6-4-10(5-7-19)15(21)22)14(20)18-11-2-3-12(16)13(17)8-11/h2-3,8-10H,4-7H2,1H3,(H,18,20)(H,21,22). The van der Waals surface area contributed by atoms with Crippen LogP contribution >= 0.6 is 23.2 Å². The van der Waals surface area contributed by atoms with Gasteiger partial charge in [-0.2, -0.15) is 0 Å². The minimum Gasteiger partial charge on any atom is -0.481 e. The minimum absolute atomic E-state index is 0.146. The number of anilines is 1. The Bertz CT molecular complexity index is 572. The van der Waals surface area contributed by atoms with E-state index in [1.807, 2.05) is 11.8 Å². The molecule has 1 amide bonds. The van der Waals surface area contributed by atoms with Crippen LogP contribution in [0, 0.1) is 5.92 Å². The molecule has 0 bridgehead atoms. The van der Waals surface area contributed by atoms with Crippen molar-refractivity contribution in [3.05, 3.63) is 28.2 Å². The summed E-state index contributed by atoms with van der Waals surface area (Å²) in [5, 5.41) is 12.6. The molecule has 2 N–H and O–H groups in total. The fourth-order valence-corrected chi connectivity index (χ4v) is 2.82. The van der Waals surface area contributed by atoms with Crippen molar-refractivity contribution in [2.45, 2.75) is 25.8 Å². The number of carbonyl (C=O) groups is 2. The van der Waals surface area contributed by atoms with Crippen molar-refractivity contribution in [1.82, 2.24) is 4.90 Å². The van der Waals surface area contributed by atoms with Gasteiger partial charge in [0.05, 0.1) is 22.0 Å². The van der Waals surface area contributed by atoms with Gasteiger partial charge in [0.1, 0.15) is 0 Å². The zero-order valence-corrected chi connectivity index (χ0v) is 13.7. The van der Waals surface area contributed by atoms with Gasteiger partial charge in [-0.3, -0.25) is 14.5 Å².